The summed E-state index contributed by atoms with van der Waals surface area (Å²) in [4.78, 5) is 23.8. The summed E-state index contributed by atoms with van der Waals surface area (Å²) < 4.78 is 28.8. The quantitative estimate of drug-likeness (QED) is 0.860. The number of rotatable bonds is 5. The molecule has 1 fully saturated rings. The molecule has 7 heteroatoms. The fourth-order valence-corrected chi connectivity index (χ4v) is 3.02. The minimum absolute atomic E-state index is 0.106. The number of carbonyl (C=O) groups excluding carboxylic acids is 1. The van der Waals surface area contributed by atoms with Crippen molar-refractivity contribution in [3.8, 4) is 5.75 Å². The van der Waals surface area contributed by atoms with Gasteiger partial charge in [0.05, 0.1) is 5.92 Å². The highest BCUT2D eigenvalue weighted by Crippen LogP contribution is 2.24. The number of benzene rings is 1. The van der Waals surface area contributed by atoms with Gasteiger partial charge in [-0.25, -0.2) is 0 Å². The van der Waals surface area contributed by atoms with Gasteiger partial charge in [-0.3, -0.25) is 9.59 Å². The van der Waals surface area contributed by atoms with E-state index in [0.29, 0.717) is 12.8 Å². The van der Waals surface area contributed by atoms with Crippen LogP contribution in [0.15, 0.2) is 24.3 Å². The van der Waals surface area contributed by atoms with Gasteiger partial charge in [-0.15, -0.1) is 0 Å². The predicted octanol–water partition coefficient (Wildman–Crippen LogP) is 3.44. The first-order valence-electron chi connectivity index (χ1n) is 8.06. The maximum absolute atomic E-state index is 12.4. The number of halogens is 2. The maximum atomic E-state index is 12.4. The molecule has 24 heavy (non-hydrogen) atoms. The largest absolute Gasteiger partial charge is 0.481 e. The average molecular weight is 341 g/mol. The summed E-state index contributed by atoms with van der Waals surface area (Å²) in [5.41, 5.74) is 0.166. The molecule has 0 aromatic heterocycles. The molecule has 0 radical (unpaired) electrons. The lowest BCUT2D eigenvalue weighted by atomic mass is 9.86. The zero-order valence-electron chi connectivity index (χ0n) is 13.2. The monoisotopic (exact) mass is 341 g/mol. The molecule has 2 N–H and O–H groups in total. The number of ether oxygens (including phenoxy) is 1. The molecule has 1 amide bonds. The van der Waals surface area contributed by atoms with Crippen LogP contribution in [0.25, 0.3) is 0 Å². The first-order valence-corrected chi connectivity index (χ1v) is 8.06. The van der Waals surface area contributed by atoms with E-state index >= 15 is 0 Å². The molecule has 2 rings (SSSR count). The van der Waals surface area contributed by atoms with Gasteiger partial charge < -0.3 is 15.2 Å². The van der Waals surface area contributed by atoms with E-state index in [1.165, 1.54) is 24.3 Å². The van der Waals surface area contributed by atoms with Crippen LogP contribution in [0.1, 0.15) is 48.9 Å². The third-order valence-electron chi connectivity index (χ3n) is 4.22. The highest BCUT2D eigenvalue weighted by molar-refractivity contribution is 5.95. The van der Waals surface area contributed by atoms with E-state index in [9.17, 15) is 23.5 Å². The van der Waals surface area contributed by atoms with E-state index in [1.54, 1.807) is 0 Å². The summed E-state index contributed by atoms with van der Waals surface area (Å²) in [5, 5.41) is 12.1. The van der Waals surface area contributed by atoms with Gasteiger partial charge in [0.2, 0.25) is 0 Å². The van der Waals surface area contributed by atoms with Crippen LogP contribution in [-0.4, -0.2) is 29.6 Å². The number of hydrogen-bond donors (Lipinski definition) is 2. The fourth-order valence-electron chi connectivity index (χ4n) is 3.02. The molecule has 1 aliphatic rings. The molecule has 0 saturated heterocycles. The number of carbonyl (C=O) groups is 2. The van der Waals surface area contributed by atoms with Gasteiger partial charge in [-0.2, -0.15) is 8.78 Å². The molecule has 0 bridgehead atoms. The fraction of sp³-hybridized carbons (Fsp3) is 0.529. The highest BCUT2D eigenvalue weighted by atomic mass is 19.3. The van der Waals surface area contributed by atoms with Crippen LogP contribution in [0.2, 0.25) is 0 Å². The van der Waals surface area contributed by atoms with E-state index in [4.69, 9.17) is 0 Å². The van der Waals surface area contributed by atoms with E-state index in [0.717, 1.165) is 25.7 Å². The van der Waals surface area contributed by atoms with E-state index in [-0.39, 0.29) is 11.3 Å². The van der Waals surface area contributed by atoms with Crippen molar-refractivity contribution >= 4 is 11.9 Å². The summed E-state index contributed by atoms with van der Waals surface area (Å²) in [7, 11) is 0. The molecule has 2 unspecified atom stereocenters. The molecule has 2 atom stereocenters. The second-order valence-corrected chi connectivity index (χ2v) is 5.92. The predicted molar refractivity (Wildman–Crippen MR) is 83.2 cm³/mol. The van der Waals surface area contributed by atoms with Crippen molar-refractivity contribution in [1.29, 1.82) is 0 Å². The lowest BCUT2D eigenvalue weighted by Gasteiger charge is -2.27. The summed E-state index contributed by atoms with van der Waals surface area (Å²) in [6.45, 7) is -2.97. The Kier molecular flexibility index (Phi) is 6.52. The second kappa shape index (κ2) is 8.61. The van der Waals surface area contributed by atoms with Gasteiger partial charge in [0, 0.05) is 11.6 Å². The second-order valence-electron chi connectivity index (χ2n) is 5.92. The van der Waals surface area contributed by atoms with Crippen LogP contribution in [-0.2, 0) is 4.79 Å². The van der Waals surface area contributed by atoms with Crippen molar-refractivity contribution < 1.29 is 28.2 Å². The molecule has 0 aliphatic heterocycles. The van der Waals surface area contributed by atoms with E-state index < -0.39 is 30.4 Å². The Morgan fingerprint density at radius 2 is 1.88 bits per heavy atom. The Morgan fingerprint density at radius 3 is 2.54 bits per heavy atom. The first-order chi connectivity index (χ1) is 11.5. The third kappa shape index (κ3) is 5.18. The lowest BCUT2D eigenvalue weighted by Crippen LogP contribution is -2.43. The minimum Gasteiger partial charge on any atom is -0.481 e. The Morgan fingerprint density at radius 1 is 1.17 bits per heavy atom. The molecule has 1 aromatic rings. The summed E-state index contributed by atoms with van der Waals surface area (Å²) in [6, 6.07) is 5.01. The van der Waals surface area contributed by atoms with Gasteiger partial charge in [-0.1, -0.05) is 31.7 Å². The molecule has 132 valence electrons. The van der Waals surface area contributed by atoms with Crippen molar-refractivity contribution in [3.05, 3.63) is 29.8 Å². The van der Waals surface area contributed by atoms with Crippen LogP contribution in [0, 0.1) is 5.92 Å². The Balaban J connectivity index is 2.09. The van der Waals surface area contributed by atoms with Crippen LogP contribution in [0.5, 0.6) is 5.75 Å². The van der Waals surface area contributed by atoms with Gasteiger partial charge in [0.15, 0.2) is 0 Å². The SMILES string of the molecule is O=C(NC1CCCCCCC1C(=O)O)c1cccc(OC(F)F)c1. The zero-order valence-corrected chi connectivity index (χ0v) is 13.2. The normalized spacial score (nSPS) is 21.6. The Labute approximate surface area is 139 Å². The lowest BCUT2D eigenvalue weighted by molar-refractivity contribution is -0.143. The number of nitrogens with one attached hydrogen (secondary N) is 1. The van der Waals surface area contributed by atoms with Crippen LogP contribution >= 0.6 is 0 Å². The Hall–Kier alpha value is -2.18. The number of amides is 1. The maximum Gasteiger partial charge on any atom is 0.387 e. The zero-order chi connectivity index (χ0) is 17.5. The standard InChI is InChI=1S/C17H21F2NO4/c18-17(19)24-12-7-5-6-11(10-12)15(21)20-14-9-4-2-1-3-8-13(14)16(22)23/h5-7,10,13-14,17H,1-4,8-9H2,(H,20,21)(H,22,23). The molecule has 1 aliphatic carbocycles. The third-order valence-corrected chi connectivity index (χ3v) is 4.22. The highest BCUT2D eigenvalue weighted by Gasteiger charge is 2.30. The average Bonchev–Trinajstić information content (AvgIpc) is 2.49. The molecule has 1 aromatic carbocycles. The summed E-state index contributed by atoms with van der Waals surface area (Å²) >= 11 is 0. The van der Waals surface area contributed by atoms with Crippen molar-refractivity contribution in [2.75, 3.05) is 0 Å². The van der Waals surface area contributed by atoms with Gasteiger partial charge >= 0.3 is 12.6 Å². The van der Waals surface area contributed by atoms with Crippen LogP contribution in [0.4, 0.5) is 8.78 Å². The smallest absolute Gasteiger partial charge is 0.387 e. The van der Waals surface area contributed by atoms with Crippen molar-refractivity contribution in [2.24, 2.45) is 5.92 Å². The minimum atomic E-state index is -2.97. The number of alkyl halides is 2. The number of hydrogen-bond acceptors (Lipinski definition) is 3. The Bertz CT molecular complexity index is 579. The van der Waals surface area contributed by atoms with Gasteiger partial charge in [0.25, 0.3) is 5.91 Å². The molecule has 0 heterocycles. The topological polar surface area (TPSA) is 75.6 Å². The molecule has 0 spiro atoms. The molecule has 1 saturated carbocycles. The molecular formula is C17H21F2NO4. The first kappa shape index (κ1) is 18.2. The van der Waals surface area contributed by atoms with Gasteiger partial charge in [0.1, 0.15) is 5.75 Å². The van der Waals surface area contributed by atoms with Crippen LogP contribution < -0.4 is 10.1 Å². The van der Waals surface area contributed by atoms with Crippen molar-refractivity contribution in [2.45, 2.75) is 51.2 Å². The van der Waals surface area contributed by atoms with E-state index in [2.05, 4.69) is 10.1 Å². The number of carboxylic acid groups (broad SMARTS) is 1. The molecular weight excluding hydrogens is 320 g/mol. The molecule has 5 nitrogen and oxygen atoms in total. The van der Waals surface area contributed by atoms with Gasteiger partial charge in [-0.05, 0) is 31.0 Å². The van der Waals surface area contributed by atoms with Crippen LogP contribution in [0.3, 0.4) is 0 Å². The number of carboxylic acids is 1. The van der Waals surface area contributed by atoms with Crippen molar-refractivity contribution in [1.82, 2.24) is 5.32 Å². The summed E-state index contributed by atoms with van der Waals surface area (Å²) in [6.07, 6.45) is 4.79. The van der Waals surface area contributed by atoms with E-state index in [1.807, 2.05) is 0 Å². The van der Waals surface area contributed by atoms with Crippen molar-refractivity contribution in [3.63, 3.8) is 0 Å². The summed E-state index contributed by atoms with van der Waals surface area (Å²) in [5.74, 6) is -2.14. The number of aliphatic carboxylic acids is 1.